The van der Waals surface area contributed by atoms with E-state index in [1.54, 1.807) is 18.3 Å². The van der Waals surface area contributed by atoms with Gasteiger partial charge in [-0.25, -0.2) is 4.79 Å². The van der Waals surface area contributed by atoms with Crippen LogP contribution in [-0.4, -0.2) is 32.9 Å². The number of aryl methyl sites for hydroxylation is 1. The van der Waals surface area contributed by atoms with Gasteiger partial charge in [-0.15, -0.1) is 0 Å². The summed E-state index contributed by atoms with van der Waals surface area (Å²) >= 11 is 0. The molecule has 0 fully saturated rings. The molecule has 2 N–H and O–H groups in total. The summed E-state index contributed by atoms with van der Waals surface area (Å²) < 4.78 is 33.2. The van der Waals surface area contributed by atoms with Crippen LogP contribution in [0.1, 0.15) is 6.42 Å². The molecule has 0 saturated carbocycles. The second kappa shape index (κ2) is 7.43. The number of alkyl halides is 3. The molecule has 0 radical (unpaired) electrons. The summed E-state index contributed by atoms with van der Waals surface area (Å²) in [4.78, 5) is 31.2. The average molecular weight is 331 g/mol. The third-order valence-corrected chi connectivity index (χ3v) is 2.70. The van der Waals surface area contributed by atoms with Gasteiger partial charge in [0.05, 0.1) is 6.42 Å². The van der Waals surface area contributed by atoms with Gasteiger partial charge in [0.2, 0.25) is 0 Å². The minimum absolute atomic E-state index is 0.0434. The Labute approximate surface area is 127 Å². The van der Waals surface area contributed by atoms with Gasteiger partial charge >= 0.3 is 18.1 Å². The van der Waals surface area contributed by atoms with Crippen LogP contribution in [0.5, 0.6) is 0 Å². The highest BCUT2D eigenvalue weighted by molar-refractivity contribution is 5.81. The Kier molecular flexibility index (Phi) is 5.88. The Balaban J connectivity index is 0.000000322. The molecule has 1 heterocycles. The predicted octanol–water partition coefficient (Wildman–Crippen LogP) is 2.11. The number of carbonyl (C=O) groups is 2. The zero-order chi connectivity index (χ0) is 17.6. The number of carboxylic acid groups (broad SMARTS) is 2. The first-order chi connectivity index (χ1) is 10.6. The van der Waals surface area contributed by atoms with Crippen molar-refractivity contribution in [3.8, 4) is 0 Å². The van der Waals surface area contributed by atoms with Gasteiger partial charge in [0, 0.05) is 18.1 Å². The van der Waals surface area contributed by atoms with Crippen LogP contribution in [0.4, 0.5) is 13.2 Å². The third kappa shape index (κ3) is 5.46. The fourth-order valence-electron chi connectivity index (χ4n) is 1.62. The van der Waals surface area contributed by atoms with E-state index in [1.165, 1.54) is 4.57 Å². The van der Waals surface area contributed by atoms with Gasteiger partial charge < -0.3 is 14.8 Å². The molecule has 0 spiro atoms. The Hall–Kier alpha value is -2.84. The molecule has 2 rings (SSSR count). The molecule has 1 aromatic heterocycles. The first kappa shape index (κ1) is 18.2. The number of hydrogen-bond donors (Lipinski definition) is 2. The molecule has 0 saturated heterocycles. The molecule has 0 bridgehead atoms. The number of aliphatic carboxylic acids is 2. The number of fused-ring (bicyclic) bond motifs is 1. The van der Waals surface area contributed by atoms with Crippen molar-refractivity contribution < 1.29 is 33.0 Å². The van der Waals surface area contributed by atoms with Crippen molar-refractivity contribution in [1.29, 1.82) is 0 Å². The summed E-state index contributed by atoms with van der Waals surface area (Å²) in [5.41, 5.74) is -0.139. The van der Waals surface area contributed by atoms with E-state index in [4.69, 9.17) is 15.0 Å². The zero-order valence-electron chi connectivity index (χ0n) is 11.6. The maximum absolute atomic E-state index is 11.9. The molecule has 0 aliphatic rings. The van der Waals surface area contributed by atoms with E-state index in [0.717, 1.165) is 5.39 Å². The van der Waals surface area contributed by atoms with Gasteiger partial charge in [0.15, 0.2) is 0 Å². The fourth-order valence-corrected chi connectivity index (χ4v) is 1.62. The van der Waals surface area contributed by atoms with Crippen molar-refractivity contribution in [2.75, 3.05) is 0 Å². The Morgan fingerprint density at radius 3 is 2.17 bits per heavy atom. The van der Waals surface area contributed by atoms with E-state index in [2.05, 4.69) is 0 Å². The largest absolute Gasteiger partial charge is 0.490 e. The number of rotatable bonds is 3. The van der Waals surface area contributed by atoms with E-state index in [-0.39, 0.29) is 18.5 Å². The molecular weight excluding hydrogens is 319 g/mol. The molecule has 0 unspecified atom stereocenters. The summed E-state index contributed by atoms with van der Waals surface area (Å²) in [5.74, 6) is -3.66. The Morgan fingerprint density at radius 2 is 1.65 bits per heavy atom. The minimum atomic E-state index is -5.08. The van der Waals surface area contributed by atoms with Crippen molar-refractivity contribution in [2.45, 2.75) is 19.1 Å². The van der Waals surface area contributed by atoms with Crippen LogP contribution in [0, 0.1) is 0 Å². The summed E-state index contributed by atoms with van der Waals surface area (Å²) in [5, 5.41) is 17.2. The van der Waals surface area contributed by atoms with Crippen molar-refractivity contribution in [3.05, 3.63) is 46.9 Å². The standard InChI is InChI=1S/C12H11NO3.C2HF3O2/c14-11(15)6-8-13-7-5-9-3-1-2-4-10(9)12(13)16;3-2(4,5)1(6)7/h1-5,7H,6,8H2,(H,14,15);(H,6,7). The Morgan fingerprint density at radius 1 is 1.09 bits per heavy atom. The molecule has 0 aliphatic carbocycles. The molecule has 0 amide bonds. The highest BCUT2D eigenvalue weighted by Crippen LogP contribution is 2.13. The monoisotopic (exact) mass is 331 g/mol. The van der Waals surface area contributed by atoms with E-state index < -0.39 is 18.1 Å². The van der Waals surface area contributed by atoms with Crippen molar-refractivity contribution in [3.63, 3.8) is 0 Å². The van der Waals surface area contributed by atoms with Gasteiger partial charge in [-0.2, -0.15) is 13.2 Å². The first-order valence-corrected chi connectivity index (χ1v) is 6.23. The maximum atomic E-state index is 11.9. The van der Waals surface area contributed by atoms with E-state index in [1.807, 2.05) is 18.2 Å². The topological polar surface area (TPSA) is 96.6 Å². The van der Waals surface area contributed by atoms with Crippen molar-refractivity contribution >= 4 is 22.7 Å². The van der Waals surface area contributed by atoms with Crippen LogP contribution in [0.3, 0.4) is 0 Å². The lowest BCUT2D eigenvalue weighted by Gasteiger charge is -2.04. The van der Waals surface area contributed by atoms with Crippen LogP contribution in [0.15, 0.2) is 41.3 Å². The molecular formula is C14H12F3NO5. The second-order valence-electron chi connectivity index (χ2n) is 4.35. The number of nitrogens with zero attached hydrogens (tertiary/aromatic N) is 1. The maximum Gasteiger partial charge on any atom is 0.490 e. The fraction of sp³-hybridized carbons (Fsp3) is 0.214. The van der Waals surface area contributed by atoms with Gasteiger partial charge in [0.25, 0.3) is 5.56 Å². The highest BCUT2D eigenvalue weighted by atomic mass is 19.4. The molecule has 23 heavy (non-hydrogen) atoms. The lowest BCUT2D eigenvalue weighted by atomic mass is 10.2. The highest BCUT2D eigenvalue weighted by Gasteiger charge is 2.38. The smallest absolute Gasteiger partial charge is 0.481 e. The van der Waals surface area contributed by atoms with Crippen LogP contribution in [0.2, 0.25) is 0 Å². The first-order valence-electron chi connectivity index (χ1n) is 6.23. The van der Waals surface area contributed by atoms with Crippen molar-refractivity contribution in [1.82, 2.24) is 4.57 Å². The predicted molar refractivity (Wildman–Crippen MR) is 74.2 cm³/mol. The molecule has 0 aliphatic heterocycles. The molecule has 9 heteroatoms. The summed E-state index contributed by atoms with van der Waals surface area (Å²) in [6.45, 7) is 0.207. The molecule has 1 aromatic carbocycles. The average Bonchev–Trinajstić information content (AvgIpc) is 2.46. The molecule has 0 atom stereocenters. The lowest BCUT2D eigenvalue weighted by molar-refractivity contribution is -0.192. The molecule has 124 valence electrons. The zero-order valence-corrected chi connectivity index (χ0v) is 11.6. The van der Waals surface area contributed by atoms with E-state index >= 15 is 0 Å². The van der Waals surface area contributed by atoms with E-state index in [9.17, 15) is 22.8 Å². The van der Waals surface area contributed by atoms with Gasteiger partial charge in [-0.1, -0.05) is 18.2 Å². The lowest BCUT2D eigenvalue weighted by Crippen LogP contribution is -2.21. The summed E-state index contributed by atoms with van der Waals surface area (Å²) in [6, 6.07) is 9.08. The second-order valence-corrected chi connectivity index (χ2v) is 4.35. The van der Waals surface area contributed by atoms with Gasteiger partial charge in [-0.3, -0.25) is 9.59 Å². The SMILES string of the molecule is O=C(O)C(F)(F)F.O=C(O)CCn1ccc2ccccc2c1=O. The quantitative estimate of drug-likeness (QED) is 0.898. The molecule has 6 nitrogen and oxygen atoms in total. The van der Waals surface area contributed by atoms with E-state index in [0.29, 0.717) is 5.39 Å². The van der Waals surface area contributed by atoms with Crippen LogP contribution in [-0.2, 0) is 16.1 Å². The summed E-state index contributed by atoms with van der Waals surface area (Å²) in [6.07, 6.45) is -3.49. The number of hydrogen-bond acceptors (Lipinski definition) is 3. The Bertz CT molecular complexity index is 767. The number of carboxylic acids is 2. The minimum Gasteiger partial charge on any atom is -0.481 e. The molecule has 2 aromatic rings. The number of halogens is 3. The van der Waals surface area contributed by atoms with Crippen LogP contribution in [0.25, 0.3) is 10.8 Å². The summed E-state index contributed by atoms with van der Waals surface area (Å²) in [7, 11) is 0. The van der Waals surface area contributed by atoms with Crippen LogP contribution < -0.4 is 5.56 Å². The number of pyridine rings is 1. The normalized spacial score (nSPS) is 10.7. The van der Waals surface area contributed by atoms with Crippen LogP contribution >= 0.6 is 0 Å². The third-order valence-electron chi connectivity index (χ3n) is 2.70. The van der Waals surface area contributed by atoms with Gasteiger partial charge in [0.1, 0.15) is 0 Å². The number of aromatic nitrogens is 1. The van der Waals surface area contributed by atoms with Crippen molar-refractivity contribution in [2.24, 2.45) is 0 Å². The number of benzene rings is 1. The van der Waals surface area contributed by atoms with Gasteiger partial charge in [-0.05, 0) is 17.5 Å².